The van der Waals surface area contributed by atoms with Gasteiger partial charge in [0.15, 0.2) is 6.10 Å². The van der Waals surface area contributed by atoms with Crippen molar-refractivity contribution in [2.45, 2.75) is 10.9 Å². The largest absolute Gasteiger partial charge is 0.381 e. The maximum Gasteiger partial charge on any atom is 0.330 e. The van der Waals surface area contributed by atoms with Gasteiger partial charge in [-0.05, 0) is 49.6 Å². The topological polar surface area (TPSA) is 20.2 Å². The molecule has 1 atom stereocenters. The Bertz CT molecular complexity index is 341. The number of hydrogen-bond donors (Lipinski definition) is 1. The van der Waals surface area contributed by atoms with Gasteiger partial charge in [-0.15, -0.1) is 0 Å². The van der Waals surface area contributed by atoms with Gasteiger partial charge >= 0.3 is 4.83 Å². The van der Waals surface area contributed by atoms with Crippen LogP contribution in [0.2, 0.25) is 5.02 Å². The van der Waals surface area contributed by atoms with Gasteiger partial charge in [-0.25, -0.2) is 0 Å². The van der Waals surface area contributed by atoms with Crippen LogP contribution in [-0.4, -0.2) is 9.94 Å². The summed E-state index contributed by atoms with van der Waals surface area (Å²) in [5, 5.41) is 9.61. The SMILES string of the molecule is OC(c1ccc(Cl)c(Br)c1)C(F)(F)Br. The monoisotopic (exact) mass is 348 g/mol. The second kappa shape index (κ2) is 4.43. The molecule has 0 aromatic heterocycles. The predicted octanol–water partition coefficient (Wildman–Crippen LogP) is 4.12. The number of rotatable bonds is 2. The van der Waals surface area contributed by atoms with E-state index in [0.29, 0.717) is 9.50 Å². The van der Waals surface area contributed by atoms with E-state index in [2.05, 4.69) is 31.9 Å². The van der Waals surface area contributed by atoms with E-state index >= 15 is 0 Å². The number of alkyl halides is 3. The molecule has 0 saturated carbocycles. The lowest BCUT2D eigenvalue weighted by Gasteiger charge is -2.16. The van der Waals surface area contributed by atoms with E-state index in [0.717, 1.165) is 0 Å². The van der Waals surface area contributed by atoms with Gasteiger partial charge in [0, 0.05) is 4.47 Å². The van der Waals surface area contributed by atoms with Crippen molar-refractivity contribution < 1.29 is 13.9 Å². The first-order valence-corrected chi connectivity index (χ1v) is 5.48. The second-order valence-electron chi connectivity index (χ2n) is 2.62. The summed E-state index contributed by atoms with van der Waals surface area (Å²) in [6.45, 7) is 0. The molecular weight excluding hydrogens is 345 g/mol. The van der Waals surface area contributed by atoms with Gasteiger partial charge in [0.2, 0.25) is 0 Å². The van der Waals surface area contributed by atoms with E-state index in [1.165, 1.54) is 18.2 Å². The smallest absolute Gasteiger partial charge is 0.330 e. The molecule has 78 valence electrons. The minimum atomic E-state index is -3.35. The number of benzene rings is 1. The molecule has 6 heteroatoms. The van der Waals surface area contributed by atoms with Crippen LogP contribution in [0.1, 0.15) is 11.7 Å². The molecule has 0 aliphatic heterocycles. The van der Waals surface area contributed by atoms with Gasteiger partial charge in [-0.2, -0.15) is 8.78 Å². The summed E-state index contributed by atoms with van der Waals surface area (Å²) in [6, 6.07) is 4.12. The van der Waals surface area contributed by atoms with Crippen molar-refractivity contribution in [1.29, 1.82) is 0 Å². The van der Waals surface area contributed by atoms with Gasteiger partial charge in [-0.1, -0.05) is 17.7 Å². The van der Waals surface area contributed by atoms with Crippen LogP contribution in [0, 0.1) is 0 Å². The molecule has 1 nitrogen and oxygen atoms in total. The van der Waals surface area contributed by atoms with Crippen LogP contribution in [0.15, 0.2) is 22.7 Å². The highest BCUT2D eigenvalue weighted by Gasteiger charge is 2.36. The molecular formula is C8H5Br2ClF2O. The van der Waals surface area contributed by atoms with Crippen molar-refractivity contribution in [2.75, 3.05) is 0 Å². The fourth-order valence-electron chi connectivity index (χ4n) is 0.871. The Hall–Kier alpha value is 0.290. The number of aliphatic hydroxyl groups is 1. The Balaban J connectivity index is 3.03. The van der Waals surface area contributed by atoms with Crippen molar-refractivity contribution in [3.63, 3.8) is 0 Å². The van der Waals surface area contributed by atoms with Crippen LogP contribution in [-0.2, 0) is 0 Å². The van der Waals surface area contributed by atoms with Crippen LogP contribution >= 0.6 is 43.5 Å². The maximum atomic E-state index is 12.7. The molecule has 14 heavy (non-hydrogen) atoms. The molecule has 1 rings (SSSR count). The van der Waals surface area contributed by atoms with Crippen LogP contribution in [0.4, 0.5) is 8.78 Å². The van der Waals surface area contributed by atoms with E-state index in [1.807, 2.05) is 0 Å². The molecule has 0 saturated heterocycles. The first-order chi connectivity index (χ1) is 6.32. The average molecular weight is 350 g/mol. The van der Waals surface area contributed by atoms with Crippen LogP contribution in [0.3, 0.4) is 0 Å². The van der Waals surface area contributed by atoms with Gasteiger partial charge in [0.1, 0.15) is 0 Å². The first-order valence-electron chi connectivity index (χ1n) is 3.52. The van der Waals surface area contributed by atoms with Gasteiger partial charge in [-0.3, -0.25) is 0 Å². The Morgan fingerprint density at radius 3 is 2.43 bits per heavy atom. The van der Waals surface area contributed by atoms with Gasteiger partial charge in [0.05, 0.1) is 5.02 Å². The van der Waals surface area contributed by atoms with Crippen LogP contribution < -0.4 is 0 Å². The first kappa shape index (κ1) is 12.4. The fourth-order valence-corrected chi connectivity index (χ4v) is 1.65. The third-order valence-electron chi connectivity index (χ3n) is 1.57. The van der Waals surface area contributed by atoms with Crippen LogP contribution in [0.5, 0.6) is 0 Å². The summed E-state index contributed by atoms with van der Waals surface area (Å²) < 4.78 is 25.8. The summed E-state index contributed by atoms with van der Waals surface area (Å²) in [5.74, 6) is 0. The standard InChI is InChI=1S/C8H5Br2ClF2O/c9-5-3-4(1-2-6(5)11)7(14)8(10,12)13/h1-3,7,14H. The van der Waals surface area contributed by atoms with Crippen molar-refractivity contribution in [1.82, 2.24) is 0 Å². The predicted molar refractivity (Wildman–Crippen MR) is 58.0 cm³/mol. The van der Waals surface area contributed by atoms with Crippen molar-refractivity contribution in [2.24, 2.45) is 0 Å². The third kappa shape index (κ3) is 2.89. The highest BCUT2D eigenvalue weighted by atomic mass is 79.9. The molecule has 0 bridgehead atoms. The van der Waals surface area contributed by atoms with Crippen molar-refractivity contribution in [3.05, 3.63) is 33.3 Å². The summed E-state index contributed by atoms with van der Waals surface area (Å²) in [5.41, 5.74) is 0.0863. The lowest BCUT2D eigenvalue weighted by molar-refractivity contribution is -0.0294. The summed E-state index contributed by atoms with van der Waals surface area (Å²) in [7, 11) is 0. The zero-order chi connectivity index (χ0) is 10.9. The quantitative estimate of drug-likeness (QED) is 0.796. The lowest BCUT2D eigenvalue weighted by atomic mass is 10.1. The third-order valence-corrected chi connectivity index (χ3v) is 3.22. The zero-order valence-electron chi connectivity index (χ0n) is 6.65. The molecule has 1 N–H and O–H groups in total. The Morgan fingerprint density at radius 1 is 1.43 bits per heavy atom. The van der Waals surface area contributed by atoms with Gasteiger partial charge in [0.25, 0.3) is 0 Å². The fraction of sp³-hybridized carbons (Fsp3) is 0.250. The molecule has 1 unspecified atom stereocenters. The molecule has 0 fully saturated rings. The molecule has 0 heterocycles. The number of hydrogen-bond acceptors (Lipinski definition) is 1. The summed E-state index contributed by atoms with van der Waals surface area (Å²) in [4.78, 5) is -3.35. The Labute approximate surface area is 101 Å². The summed E-state index contributed by atoms with van der Waals surface area (Å²) in [6.07, 6.45) is -1.89. The zero-order valence-corrected chi connectivity index (χ0v) is 10.6. The van der Waals surface area contributed by atoms with Crippen LogP contribution in [0.25, 0.3) is 0 Å². The summed E-state index contributed by atoms with van der Waals surface area (Å²) >= 11 is 10.8. The van der Waals surface area contributed by atoms with E-state index < -0.39 is 10.9 Å². The van der Waals surface area contributed by atoms with Gasteiger partial charge < -0.3 is 5.11 Å². The normalized spacial score (nSPS) is 14.1. The Kier molecular flexibility index (Phi) is 3.91. The Morgan fingerprint density at radius 2 is 2.00 bits per heavy atom. The van der Waals surface area contributed by atoms with E-state index in [4.69, 9.17) is 11.6 Å². The van der Waals surface area contributed by atoms with E-state index in [-0.39, 0.29) is 5.56 Å². The number of halogens is 5. The molecule has 1 aromatic carbocycles. The van der Waals surface area contributed by atoms with E-state index in [9.17, 15) is 13.9 Å². The minimum Gasteiger partial charge on any atom is -0.381 e. The molecule has 1 aromatic rings. The number of aliphatic hydroxyl groups excluding tert-OH is 1. The van der Waals surface area contributed by atoms with Crippen molar-refractivity contribution in [3.8, 4) is 0 Å². The molecule has 0 radical (unpaired) electrons. The highest BCUT2D eigenvalue weighted by molar-refractivity contribution is 9.10. The van der Waals surface area contributed by atoms with E-state index in [1.54, 1.807) is 0 Å². The molecule has 0 aliphatic rings. The minimum absolute atomic E-state index is 0.0863. The molecule has 0 amide bonds. The highest BCUT2D eigenvalue weighted by Crippen LogP contribution is 2.38. The second-order valence-corrected chi connectivity index (χ2v) is 4.94. The maximum absolute atomic E-state index is 12.7. The average Bonchev–Trinajstić information content (AvgIpc) is 2.07. The molecule has 0 spiro atoms. The van der Waals surface area contributed by atoms with Crippen molar-refractivity contribution >= 4 is 43.5 Å². The molecule has 0 aliphatic carbocycles. The lowest BCUT2D eigenvalue weighted by Crippen LogP contribution is -2.18.